The normalized spacial score (nSPS) is 17.2. The van der Waals surface area contributed by atoms with E-state index in [0.29, 0.717) is 90.2 Å². The molecule has 45 heavy (non-hydrogen) atoms. The lowest BCUT2D eigenvalue weighted by Gasteiger charge is -2.10. The maximum Gasteiger partial charge on any atom is 0.341 e. The van der Waals surface area contributed by atoms with Gasteiger partial charge in [-0.1, -0.05) is 6.42 Å². The Morgan fingerprint density at radius 3 is 1.87 bits per heavy atom. The molecule has 0 radical (unpaired) electrons. The Bertz CT molecular complexity index is 908. The van der Waals surface area contributed by atoms with Crippen molar-refractivity contribution < 1.29 is 33.4 Å². The van der Waals surface area contributed by atoms with Crippen LogP contribution in [0.3, 0.4) is 0 Å². The van der Waals surface area contributed by atoms with Crippen molar-refractivity contribution >= 4 is 41.2 Å². The van der Waals surface area contributed by atoms with Gasteiger partial charge >= 0.3 is 6.03 Å². The molecule has 0 aromatic carbocycles. The molecule has 5 amide bonds. The fraction of sp³-hybridized carbons (Fsp3) is 0.839. The first-order chi connectivity index (χ1) is 21.8. The predicted molar refractivity (Wildman–Crippen MR) is 177 cm³/mol. The van der Waals surface area contributed by atoms with Gasteiger partial charge in [-0.05, 0) is 65.6 Å². The lowest BCUT2D eigenvalue weighted by atomic mass is 10.1. The highest BCUT2D eigenvalue weighted by Gasteiger charge is 2.37. The van der Waals surface area contributed by atoms with Crippen LogP contribution >= 0.6 is 11.8 Å². The zero-order chi connectivity index (χ0) is 32.5. The van der Waals surface area contributed by atoms with Crippen molar-refractivity contribution in [3.8, 4) is 0 Å². The Balaban J connectivity index is 1.24. The Labute approximate surface area is 273 Å². The van der Waals surface area contributed by atoms with Crippen LogP contribution in [0.4, 0.5) is 4.79 Å². The second kappa shape index (κ2) is 24.9. The minimum Gasteiger partial charge on any atom is -0.379 e. The van der Waals surface area contributed by atoms with E-state index in [2.05, 4.69) is 31.2 Å². The van der Waals surface area contributed by atoms with Crippen LogP contribution < -0.4 is 21.3 Å². The number of carbonyl (C=O) groups excluding carboxylic acids is 4. The first kappa shape index (κ1) is 38.9. The fourth-order valence-electron chi connectivity index (χ4n) is 4.82. The first-order valence-electron chi connectivity index (χ1n) is 16.5. The number of nitrogens with one attached hydrogen (secondary N) is 4. The van der Waals surface area contributed by atoms with Crippen molar-refractivity contribution in [2.75, 3.05) is 85.7 Å². The van der Waals surface area contributed by atoms with Gasteiger partial charge in [-0.2, -0.15) is 4.99 Å². The Morgan fingerprint density at radius 2 is 1.29 bits per heavy atom. The summed E-state index contributed by atoms with van der Waals surface area (Å²) in [6.45, 7) is 5.87. The van der Waals surface area contributed by atoms with Gasteiger partial charge in [0.25, 0.3) is 0 Å². The number of aliphatic imine (C=N–C) groups is 1. The summed E-state index contributed by atoms with van der Waals surface area (Å²) in [5.41, 5.74) is 0.983. The molecule has 1 fully saturated rings. The Morgan fingerprint density at radius 1 is 0.756 bits per heavy atom. The molecule has 2 aliphatic rings. The van der Waals surface area contributed by atoms with E-state index in [1.165, 1.54) is 0 Å². The Hall–Kier alpha value is -2.26. The zero-order valence-electron chi connectivity index (χ0n) is 27.4. The highest BCUT2D eigenvalue weighted by Crippen LogP contribution is 2.31. The van der Waals surface area contributed by atoms with E-state index >= 15 is 0 Å². The number of amides is 5. The quantitative estimate of drug-likeness (QED) is 0.0923. The van der Waals surface area contributed by atoms with Crippen LogP contribution in [0.2, 0.25) is 0 Å². The topological polar surface area (TPSA) is 160 Å². The summed E-state index contributed by atoms with van der Waals surface area (Å²) in [7, 11) is 4.07. The number of urea groups is 1. The summed E-state index contributed by atoms with van der Waals surface area (Å²) in [4.78, 5) is 53.3. The van der Waals surface area contributed by atoms with E-state index in [0.717, 1.165) is 63.0 Å². The third kappa shape index (κ3) is 19.8. The molecule has 0 unspecified atom stereocenters. The molecular formula is C31H56N6O7S. The second-order valence-electron chi connectivity index (χ2n) is 11.6. The lowest BCUT2D eigenvalue weighted by molar-refractivity contribution is -0.123. The van der Waals surface area contributed by atoms with Gasteiger partial charge in [0.2, 0.25) is 17.7 Å². The van der Waals surface area contributed by atoms with E-state index in [1.54, 1.807) is 0 Å². The smallest absolute Gasteiger partial charge is 0.341 e. The molecule has 0 bridgehead atoms. The number of ether oxygens (including phenoxy) is 3. The average Bonchev–Trinajstić information content (AvgIpc) is 3.56. The molecule has 258 valence electrons. The van der Waals surface area contributed by atoms with Gasteiger partial charge in [-0.25, -0.2) is 4.79 Å². The number of nitrogens with zero attached hydrogens (tertiary/aromatic N) is 2. The zero-order valence-corrected chi connectivity index (χ0v) is 28.2. The van der Waals surface area contributed by atoms with Crippen molar-refractivity contribution in [3.05, 3.63) is 0 Å². The summed E-state index contributed by atoms with van der Waals surface area (Å²) in [6.07, 6.45) is 7.98. The molecule has 1 saturated heterocycles. The standard InChI is InChI=1S/C31H56N6O7S/c1-37(2)17-6-5-14-32-28(39)12-7-13-29(40)34-16-9-19-43-21-23-44-22-20-42-18-8-15-33-27(38)11-4-3-10-26-30-25(24-45-26)35-31(41)36-30/h25-26H,3-24H2,1-2H3,(H,32,39)(H,33,38)(H,34,40)(H,35,41)/t25-,26-/m0/s1. The highest BCUT2D eigenvalue weighted by molar-refractivity contribution is 8.01. The van der Waals surface area contributed by atoms with Gasteiger partial charge in [-0.15, -0.1) is 11.8 Å². The number of rotatable bonds is 28. The van der Waals surface area contributed by atoms with Crippen LogP contribution in [-0.4, -0.2) is 131 Å². The molecule has 2 aliphatic heterocycles. The van der Waals surface area contributed by atoms with Gasteiger partial charge in [-0.3, -0.25) is 14.4 Å². The van der Waals surface area contributed by atoms with E-state index in [9.17, 15) is 19.2 Å². The van der Waals surface area contributed by atoms with Gasteiger partial charge < -0.3 is 40.4 Å². The maximum atomic E-state index is 12.0. The van der Waals surface area contributed by atoms with Gasteiger partial charge in [0.05, 0.1) is 38.2 Å². The SMILES string of the molecule is CN(C)CCCCNC(=O)CCCC(=O)NCCCOCCOCCOCCCNC(=O)CCCC[C@@H]1SC[C@@H]2NC(=O)N=C21. The van der Waals surface area contributed by atoms with Crippen molar-refractivity contribution in [1.82, 2.24) is 26.2 Å². The van der Waals surface area contributed by atoms with Crippen molar-refractivity contribution in [2.24, 2.45) is 4.99 Å². The van der Waals surface area contributed by atoms with Gasteiger partial charge in [0, 0.05) is 63.1 Å². The largest absolute Gasteiger partial charge is 0.379 e. The number of hydrogen-bond donors (Lipinski definition) is 4. The van der Waals surface area contributed by atoms with Gasteiger partial charge in [0.15, 0.2) is 0 Å². The summed E-state index contributed by atoms with van der Waals surface area (Å²) in [5.74, 6) is 0.920. The number of thioether (sulfide) groups is 1. The number of hydrogen-bond acceptors (Lipinski definition) is 9. The van der Waals surface area contributed by atoms with Crippen molar-refractivity contribution in [1.29, 1.82) is 0 Å². The summed E-state index contributed by atoms with van der Waals surface area (Å²) < 4.78 is 16.6. The molecule has 14 heteroatoms. The number of fused-ring (bicyclic) bond motifs is 1. The minimum absolute atomic E-state index is 0.00511. The monoisotopic (exact) mass is 656 g/mol. The van der Waals surface area contributed by atoms with Crippen LogP contribution in [-0.2, 0) is 28.6 Å². The molecule has 0 aliphatic carbocycles. The number of unbranched alkanes of at least 4 members (excludes halogenated alkanes) is 2. The fourth-order valence-corrected chi connectivity index (χ4v) is 6.22. The second-order valence-corrected chi connectivity index (χ2v) is 12.8. The highest BCUT2D eigenvalue weighted by atomic mass is 32.2. The third-order valence-electron chi connectivity index (χ3n) is 7.28. The van der Waals surface area contributed by atoms with Crippen LogP contribution in [0.5, 0.6) is 0 Å². The van der Waals surface area contributed by atoms with Crippen LogP contribution in [0.1, 0.15) is 70.6 Å². The Kier molecular flexibility index (Phi) is 21.5. The van der Waals surface area contributed by atoms with Gasteiger partial charge in [0.1, 0.15) is 0 Å². The predicted octanol–water partition coefficient (Wildman–Crippen LogP) is 1.89. The van der Waals surface area contributed by atoms with Crippen LogP contribution in [0.15, 0.2) is 4.99 Å². The summed E-state index contributed by atoms with van der Waals surface area (Å²) in [5, 5.41) is 11.9. The molecule has 2 heterocycles. The van der Waals surface area contributed by atoms with Crippen molar-refractivity contribution in [2.45, 2.75) is 81.9 Å². The van der Waals surface area contributed by atoms with E-state index in [1.807, 2.05) is 25.9 Å². The van der Waals surface area contributed by atoms with E-state index < -0.39 is 0 Å². The molecular weight excluding hydrogens is 600 g/mol. The molecule has 4 N–H and O–H groups in total. The summed E-state index contributed by atoms with van der Waals surface area (Å²) >= 11 is 1.84. The lowest BCUT2D eigenvalue weighted by Crippen LogP contribution is -2.32. The van der Waals surface area contributed by atoms with E-state index in [-0.39, 0.29) is 29.8 Å². The average molecular weight is 657 g/mol. The van der Waals surface area contributed by atoms with E-state index in [4.69, 9.17) is 14.2 Å². The molecule has 0 saturated carbocycles. The molecule has 0 aromatic rings. The van der Waals surface area contributed by atoms with Crippen molar-refractivity contribution in [3.63, 3.8) is 0 Å². The minimum atomic E-state index is -0.220. The molecule has 0 spiro atoms. The third-order valence-corrected chi connectivity index (χ3v) is 8.69. The molecule has 13 nitrogen and oxygen atoms in total. The maximum absolute atomic E-state index is 12.0. The summed E-state index contributed by atoms with van der Waals surface area (Å²) in [6, 6.07) is -0.109. The first-order valence-corrected chi connectivity index (χ1v) is 17.6. The number of carbonyl (C=O) groups is 4. The van der Waals surface area contributed by atoms with Crippen LogP contribution in [0, 0.1) is 0 Å². The van der Waals surface area contributed by atoms with Crippen LogP contribution in [0.25, 0.3) is 0 Å². The molecule has 2 rings (SSSR count). The molecule has 0 aromatic heterocycles. The molecule has 2 atom stereocenters.